The monoisotopic (exact) mass is 264 g/mol. The molecule has 4 N–H and O–H groups in total. The third kappa shape index (κ3) is 3.54. The van der Waals surface area contributed by atoms with E-state index in [1.165, 1.54) is 13.0 Å². The molecule has 0 spiro atoms. The first-order chi connectivity index (χ1) is 9.24. The lowest BCUT2D eigenvalue weighted by Gasteiger charge is -2.16. The van der Waals surface area contributed by atoms with Crippen LogP contribution in [-0.4, -0.2) is 41.5 Å². The molecule has 6 nitrogen and oxygen atoms in total. The van der Waals surface area contributed by atoms with Gasteiger partial charge in [-0.1, -0.05) is 13.3 Å². The highest BCUT2D eigenvalue weighted by atomic mass is 15.3. The van der Waals surface area contributed by atoms with E-state index in [1.807, 2.05) is 0 Å². The van der Waals surface area contributed by atoms with Crippen LogP contribution < -0.4 is 16.6 Å². The van der Waals surface area contributed by atoms with Gasteiger partial charge in [0.2, 0.25) is 0 Å². The highest BCUT2D eigenvalue weighted by Crippen LogP contribution is 2.22. The smallest absolute Gasteiger partial charge is 0.148 e. The number of anilines is 2. The van der Waals surface area contributed by atoms with Crippen molar-refractivity contribution in [3.63, 3.8) is 0 Å². The topological polar surface area (TPSA) is 79.1 Å². The molecule has 1 aromatic rings. The Hall–Kier alpha value is -1.40. The van der Waals surface area contributed by atoms with Gasteiger partial charge in [0.05, 0.1) is 0 Å². The second kappa shape index (κ2) is 6.68. The molecule has 2 heterocycles. The van der Waals surface area contributed by atoms with E-state index in [0.717, 1.165) is 43.1 Å². The lowest BCUT2D eigenvalue weighted by molar-refractivity contribution is 0.399. The number of rotatable bonds is 6. The van der Waals surface area contributed by atoms with Gasteiger partial charge < -0.3 is 15.6 Å². The van der Waals surface area contributed by atoms with Gasteiger partial charge in [0.1, 0.15) is 18.0 Å². The number of hydrogen-bond donors (Lipinski definition) is 3. The van der Waals surface area contributed by atoms with Gasteiger partial charge >= 0.3 is 0 Å². The Morgan fingerprint density at radius 3 is 2.84 bits per heavy atom. The maximum absolute atomic E-state index is 5.51. The molecule has 1 saturated heterocycles. The van der Waals surface area contributed by atoms with E-state index < -0.39 is 0 Å². The van der Waals surface area contributed by atoms with Crippen LogP contribution in [0.2, 0.25) is 0 Å². The molecule has 1 unspecified atom stereocenters. The van der Waals surface area contributed by atoms with Crippen LogP contribution in [0, 0.1) is 5.92 Å². The van der Waals surface area contributed by atoms with Gasteiger partial charge in [-0.3, -0.25) is 0 Å². The molecule has 0 amide bonds. The molecule has 6 heteroatoms. The first kappa shape index (κ1) is 14.0. The fourth-order valence-corrected chi connectivity index (χ4v) is 2.61. The molecular weight excluding hydrogens is 240 g/mol. The number of nitrogen functional groups attached to an aromatic ring is 1. The molecule has 0 bridgehead atoms. The van der Waals surface area contributed by atoms with Gasteiger partial charge in [0, 0.05) is 18.7 Å². The van der Waals surface area contributed by atoms with Gasteiger partial charge in [-0.05, 0) is 32.4 Å². The normalized spacial score (nSPS) is 19.6. The Morgan fingerprint density at radius 2 is 2.21 bits per heavy atom. The van der Waals surface area contributed by atoms with E-state index in [4.69, 9.17) is 5.84 Å². The molecular formula is C13H24N6. The number of nitrogens with zero attached hydrogens (tertiary/aromatic N) is 3. The lowest BCUT2D eigenvalue weighted by atomic mass is 10.1. The third-order valence-corrected chi connectivity index (χ3v) is 3.63. The van der Waals surface area contributed by atoms with Crippen molar-refractivity contribution in [3.05, 3.63) is 11.9 Å². The number of hydrazine groups is 1. The summed E-state index contributed by atoms with van der Waals surface area (Å²) >= 11 is 0. The molecule has 0 aromatic carbocycles. The van der Waals surface area contributed by atoms with Crippen molar-refractivity contribution < 1.29 is 0 Å². The van der Waals surface area contributed by atoms with Crippen molar-refractivity contribution in [2.24, 2.45) is 11.8 Å². The predicted molar refractivity (Wildman–Crippen MR) is 77.9 cm³/mol. The summed E-state index contributed by atoms with van der Waals surface area (Å²) in [7, 11) is 2.17. The number of aromatic nitrogens is 2. The molecule has 1 aromatic heterocycles. The van der Waals surface area contributed by atoms with E-state index >= 15 is 0 Å². The Balaban J connectivity index is 2.02. The van der Waals surface area contributed by atoms with E-state index in [2.05, 4.69) is 39.6 Å². The molecule has 1 atom stereocenters. The van der Waals surface area contributed by atoms with Crippen LogP contribution in [0.1, 0.15) is 25.3 Å². The average molecular weight is 264 g/mol. The van der Waals surface area contributed by atoms with Crippen LogP contribution in [0.5, 0.6) is 0 Å². The Morgan fingerprint density at radius 1 is 1.42 bits per heavy atom. The van der Waals surface area contributed by atoms with Gasteiger partial charge in [-0.2, -0.15) is 0 Å². The number of hydrogen-bond acceptors (Lipinski definition) is 6. The summed E-state index contributed by atoms with van der Waals surface area (Å²) in [6.45, 7) is 5.45. The summed E-state index contributed by atoms with van der Waals surface area (Å²) in [5.41, 5.74) is 3.74. The number of nitrogens with one attached hydrogen (secondary N) is 2. The van der Waals surface area contributed by atoms with Gasteiger partial charge in [-0.25, -0.2) is 15.8 Å². The fraction of sp³-hybridized carbons (Fsp3) is 0.692. The lowest BCUT2D eigenvalue weighted by Crippen LogP contribution is -2.21. The van der Waals surface area contributed by atoms with Gasteiger partial charge in [-0.15, -0.1) is 0 Å². The van der Waals surface area contributed by atoms with E-state index in [9.17, 15) is 0 Å². The summed E-state index contributed by atoms with van der Waals surface area (Å²) in [4.78, 5) is 10.9. The number of likely N-dealkylation sites (tertiary alicyclic amines) is 1. The molecule has 0 radical (unpaired) electrons. The SMILES string of the molecule is CCCc1c(NN)ncnc1NCC1CCN(C)C1. The second-order valence-corrected chi connectivity index (χ2v) is 5.24. The van der Waals surface area contributed by atoms with Crippen LogP contribution in [0.4, 0.5) is 11.6 Å². The quantitative estimate of drug-likeness (QED) is 0.527. The Bertz CT molecular complexity index is 408. The van der Waals surface area contributed by atoms with Crippen molar-refractivity contribution in [2.45, 2.75) is 26.2 Å². The summed E-state index contributed by atoms with van der Waals surface area (Å²) in [5, 5.41) is 3.46. The minimum atomic E-state index is 0.698. The zero-order chi connectivity index (χ0) is 13.7. The summed E-state index contributed by atoms with van der Waals surface area (Å²) in [5.74, 6) is 7.85. The summed E-state index contributed by atoms with van der Waals surface area (Å²) in [6, 6.07) is 0. The minimum Gasteiger partial charge on any atom is -0.369 e. The summed E-state index contributed by atoms with van der Waals surface area (Å²) < 4.78 is 0. The molecule has 19 heavy (non-hydrogen) atoms. The van der Waals surface area contributed by atoms with Crippen molar-refractivity contribution in [1.29, 1.82) is 0 Å². The van der Waals surface area contributed by atoms with Crippen LogP contribution >= 0.6 is 0 Å². The van der Waals surface area contributed by atoms with Crippen LogP contribution in [0.3, 0.4) is 0 Å². The van der Waals surface area contributed by atoms with Gasteiger partial charge in [0.15, 0.2) is 0 Å². The number of nitrogens with two attached hydrogens (primary N) is 1. The Kier molecular flexibility index (Phi) is 4.93. The Labute approximate surface area is 114 Å². The molecule has 106 valence electrons. The molecule has 1 fully saturated rings. The first-order valence-corrected chi connectivity index (χ1v) is 6.97. The molecule has 0 aliphatic carbocycles. The highest BCUT2D eigenvalue weighted by Gasteiger charge is 2.20. The highest BCUT2D eigenvalue weighted by molar-refractivity contribution is 5.56. The van der Waals surface area contributed by atoms with Crippen molar-refractivity contribution in [2.75, 3.05) is 37.4 Å². The maximum Gasteiger partial charge on any atom is 0.148 e. The predicted octanol–water partition coefficient (Wildman–Crippen LogP) is 1.08. The first-order valence-electron chi connectivity index (χ1n) is 6.97. The zero-order valence-corrected chi connectivity index (χ0v) is 11.8. The standard InChI is InChI=1S/C13H24N6/c1-3-4-11-12(16-9-17-13(11)18-14)15-7-10-5-6-19(2)8-10/h9-10H,3-8,14H2,1-2H3,(H2,15,16,17,18). The largest absolute Gasteiger partial charge is 0.369 e. The van der Waals surface area contributed by atoms with E-state index in [-0.39, 0.29) is 0 Å². The van der Waals surface area contributed by atoms with Crippen LogP contribution in [-0.2, 0) is 6.42 Å². The molecule has 2 rings (SSSR count). The molecule has 0 saturated carbocycles. The minimum absolute atomic E-state index is 0.698. The van der Waals surface area contributed by atoms with Gasteiger partial charge in [0.25, 0.3) is 0 Å². The molecule has 1 aliphatic heterocycles. The average Bonchev–Trinajstić information content (AvgIpc) is 2.83. The van der Waals surface area contributed by atoms with E-state index in [0.29, 0.717) is 5.92 Å². The van der Waals surface area contributed by atoms with Crippen LogP contribution in [0.15, 0.2) is 6.33 Å². The van der Waals surface area contributed by atoms with Crippen molar-refractivity contribution in [3.8, 4) is 0 Å². The molecule has 1 aliphatic rings. The maximum atomic E-state index is 5.51. The second-order valence-electron chi connectivity index (χ2n) is 5.24. The van der Waals surface area contributed by atoms with Crippen LogP contribution in [0.25, 0.3) is 0 Å². The fourth-order valence-electron chi connectivity index (χ4n) is 2.61. The van der Waals surface area contributed by atoms with E-state index in [1.54, 1.807) is 6.33 Å². The zero-order valence-electron chi connectivity index (χ0n) is 11.8. The third-order valence-electron chi connectivity index (χ3n) is 3.63. The summed E-state index contributed by atoms with van der Waals surface area (Å²) in [6.07, 6.45) is 4.77. The van der Waals surface area contributed by atoms with Crippen molar-refractivity contribution in [1.82, 2.24) is 14.9 Å². The van der Waals surface area contributed by atoms with Crippen molar-refractivity contribution >= 4 is 11.6 Å².